The molecule has 1 aliphatic carbocycles. The number of benzene rings is 1. The Kier molecular flexibility index (Phi) is 7.58. The number of hydrogen-bond donors (Lipinski definition) is 3. The van der Waals surface area contributed by atoms with Crippen molar-refractivity contribution in [3.63, 3.8) is 0 Å². The molecule has 1 unspecified atom stereocenters. The maximum atomic E-state index is 11.9. The minimum absolute atomic E-state index is 0.182. The molecular formula is C24H37N5O2. The minimum atomic E-state index is -0.326. The lowest BCUT2D eigenvalue weighted by atomic mass is 9.90. The highest BCUT2D eigenvalue weighted by atomic mass is 16.2. The van der Waals surface area contributed by atoms with Crippen molar-refractivity contribution in [3.05, 3.63) is 29.8 Å². The highest BCUT2D eigenvalue weighted by molar-refractivity contribution is 6.01. The molecule has 0 radical (unpaired) electrons. The maximum Gasteiger partial charge on any atom is 0.249 e. The number of aryl methyl sites for hydroxylation is 1. The number of nitrogens with zero attached hydrogens (tertiary/aromatic N) is 2. The van der Waals surface area contributed by atoms with E-state index in [4.69, 9.17) is 5.73 Å². The summed E-state index contributed by atoms with van der Waals surface area (Å²) in [6.45, 7) is 5.90. The van der Waals surface area contributed by atoms with Gasteiger partial charge >= 0.3 is 0 Å². The van der Waals surface area contributed by atoms with Gasteiger partial charge in [-0.3, -0.25) is 19.8 Å². The van der Waals surface area contributed by atoms with E-state index < -0.39 is 0 Å². The molecule has 170 valence electrons. The zero-order chi connectivity index (χ0) is 21.6. The normalized spacial score (nSPS) is 28.4. The maximum absolute atomic E-state index is 11.9. The van der Waals surface area contributed by atoms with Gasteiger partial charge in [0.05, 0.1) is 0 Å². The molecule has 2 aliphatic heterocycles. The molecule has 4 N–H and O–H groups in total. The standard InChI is InChI=1S/C24H37N5O2/c25-19-5-9-21(10-6-19)29-16-14-28(15-17-29)13-1-2-18-3-7-20(8-4-18)26-22-11-12-23(30)27-24(22)31/h3-4,7-8,19,21-22,26H,1-2,5-6,9-17,25H2,(H,27,30,31). The molecule has 0 bridgehead atoms. The van der Waals surface area contributed by atoms with Crippen molar-refractivity contribution >= 4 is 17.5 Å². The number of carbonyl (C=O) groups excluding carboxylic acids is 2. The summed E-state index contributed by atoms with van der Waals surface area (Å²) in [6, 6.07) is 9.21. The molecule has 2 saturated heterocycles. The second kappa shape index (κ2) is 10.6. The van der Waals surface area contributed by atoms with Gasteiger partial charge in [-0.25, -0.2) is 0 Å². The Bertz CT molecular complexity index is 737. The number of piperidine rings is 1. The predicted octanol–water partition coefficient (Wildman–Crippen LogP) is 1.72. The van der Waals surface area contributed by atoms with Crippen molar-refractivity contribution in [2.24, 2.45) is 5.73 Å². The van der Waals surface area contributed by atoms with Crippen LogP contribution in [0.4, 0.5) is 5.69 Å². The summed E-state index contributed by atoms with van der Waals surface area (Å²) in [5.41, 5.74) is 8.31. The summed E-state index contributed by atoms with van der Waals surface area (Å²) >= 11 is 0. The molecule has 4 rings (SSSR count). The molecule has 1 aromatic carbocycles. The summed E-state index contributed by atoms with van der Waals surface area (Å²) in [5.74, 6) is -0.411. The number of nitrogens with one attached hydrogen (secondary N) is 2. The van der Waals surface area contributed by atoms with Gasteiger partial charge in [0, 0.05) is 50.4 Å². The molecular weight excluding hydrogens is 390 g/mol. The van der Waals surface area contributed by atoms with Crippen LogP contribution >= 0.6 is 0 Å². The first-order valence-electron chi connectivity index (χ1n) is 12.0. The van der Waals surface area contributed by atoms with Gasteiger partial charge in [-0.1, -0.05) is 12.1 Å². The van der Waals surface area contributed by atoms with Crippen LogP contribution in [-0.4, -0.2) is 72.5 Å². The van der Waals surface area contributed by atoms with Crippen LogP contribution in [0.25, 0.3) is 0 Å². The molecule has 1 saturated carbocycles. The number of piperazine rings is 1. The monoisotopic (exact) mass is 427 g/mol. The molecule has 7 heteroatoms. The first-order chi connectivity index (χ1) is 15.1. The topological polar surface area (TPSA) is 90.7 Å². The minimum Gasteiger partial charge on any atom is -0.374 e. The van der Waals surface area contributed by atoms with E-state index in [1.165, 1.54) is 57.4 Å². The Labute approximate surface area is 185 Å². The van der Waals surface area contributed by atoms with E-state index in [2.05, 4.69) is 32.6 Å². The molecule has 1 aromatic rings. The Morgan fingerprint density at radius 3 is 2.35 bits per heavy atom. The lowest BCUT2D eigenvalue weighted by molar-refractivity contribution is -0.133. The fraction of sp³-hybridized carbons (Fsp3) is 0.667. The van der Waals surface area contributed by atoms with Gasteiger partial charge in [0.15, 0.2) is 0 Å². The van der Waals surface area contributed by atoms with Crippen LogP contribution in [0.1, 0.15) is 50.5 Å². The zero-order valence-electron chi connectivity index (χ0n) is 18.5. The summed E-state index contributed by atoms with van der Waals surface area (Å²) in [6.07, 6.45) is 8.10. The number of rotatable bonds is 7. The van der Waals surface area contributed by atoms with Gasteiger partial charge in [0.1, 0.15) is 6.04 Å². The highest BCUT2D eigenvalue weighted by Crippen LogP contribution is 2.23. The van der Waals surface area contributed by atoms with Gasteiger partial charge in [-0.15, -0.1) is 0 Å². The third kappa shape index (κ3) is 6.28. The first kappa shape index (κ1) is 22.2. The Hall–Kier alpha value is -1.96. The SMILES string of the molecule is NC1CCC(N2CCN(CCCc3ccc(NC4CCC(=O)NC4=O)cc3)CC2)CC1. The average Bonchev–Trinajstić information content (AvgIpc) is 2.78. The molecule has 0 spiro atoms. The van der Waals surface area contributed by atoms with Crippen molar-refractivity contribution in [1.29, 1.82) is 0 Å². The zero-order valence-corrected chi connectivity index (χ0v) is 18.5. The Balaban J connectivity index is 1.14. The summed E-state index contributed by atoms with van der Waals surface area (Å²) in [5, 5.41) is 5.63. The van der Waals surface area contributed by atoms with Crippen molar-refractivity contribution in [2.45, 2.75) is 69.5 Å². The Morgan fingerprint density at radius 1 is 0.968 bits per heavy atom. The van der Waals surface area contributed by atoms with Gasteiger partial charge in [-0.2, -0.15) is 0 Å². The molecule has 3 fully saturated rings. The first-order valence-corrected chi connectivity index (χ1v) is 12.0. The second-order valence-corrected chi connectivity index (χ2v) is 9.39. The number of hydrogen-bond acceptors (Lipinski definition) is 6. The van der Waals surface area contributed by atoms with Crippen molar-refractivity contribution in [1.82, 2.24) is 15.1 Å². The number of imide groups is 1. The highest BCUT2D eigenvalue weighted by Gasteiger charge is 2.27. The molecule has 0 aromatic heterocycles. The quantitative estimate of drug-likeness (QED) is 0.574. The molecule has 2 amide bonds. The summed E-state index contributed by atoms with van der Waals surface area (Å²) < 4.78 is 0. The second-order valence-electron chi connectivity index (χ2n) is 9.39. The Morgan fingerprint density at radius 2 is 1.68 bits per heavy atom. The molecule has 3 aliphatic rings. The number of anilines is 1. The van der Waals surface area contributed by atoms with E-state index in [1.807, 2.05) is 12.1 Å². The molecule has 1 atom stereocenters. The molecule has 7 nitrogen and oxygen atoms in total. The van der Waals surface area contributed by atoms with Gasteiger partial charge in [0.2, 0.25) is 11.8 Å². The smallest absolute Gasteiger partial charge is 0.249 e. The number of carbonyl (C=O) groups is 2. The van der Waals surface area contributed by atoms with Crippen LogP contribution in [0.15, 0.2) is 24.3 Å². The fourth-order valence-electron chi connectivity index (χ4n) is 5.13. The molecule has 2 heterocycles. The van der Waals surface area contributed by atoms with E-state index in [-0.39, 0.29) is 17.9 Å². The van der Waals surface area contributed by atoms with Crippen molar-refractivity contribution in [2.75, 3.05) is 38.0 Å². The third-order valence-corrected chi connectivity index (χ3v) is 7.14. The van der Waals surface area contributed by atoms with Crippen LogP contribution in [0, 0.1) is 0 Å². The van der Waals surface area contributed by atoms with Crippen LogP contribution in [0.5, 0.6) is 0 Å². The summed E-state index contributed by atoms with van der Waals surface area (Å²) in [7, 11) is 0. The van der Waals surface area contributed by atoms with E-state index in [9.17, 15) is 9.59 Å². The van der Waals surface area contributed by atoms with E-state index in [0.29, 0.717) is 18.9 Å². The van der Waals surface area contributed by atoms with Crippen molar-refractivity contribution in [3.8, 4) is 0 Å². The van der Waals surface area contributed by atoms with E-state index in [0.717, 1.165) is 31.1 Å². The lowest BCUT2D eigenvalue weighted by Crippen LogP contribution is -2.51. The van der Waals surface area contributed by atoms with Gasteiger partial charge in [-0.05, 0) is 69.2 Å². The third-order valence-electron chi connectivity index (χ3n) is 7.14. The predicted molar refractivity (Wildman–Crippen MR) is 123 cm³/mol. The van der Waals surface area contributed by atoms with Crippen LogP contribution in [-0.2, 0) is 16.0 Å². The molecule has 31 heavy (non-hydrogen) atoms. The number of amides is 2. The van der Waals surface area contributed by atoms with Crippen LogP contribution < -0.4 is 16.4 Å². The van der Waals surface area contributed by atoms with E-state index in [1.54, 1.807) is 0 Å². The fourth-order valence-corrected chi connectivity index (χ4v) is 5.13. The average molecular weight is 428 g/mol. The van der Waals surface area contributed by atoms with E-state index >= 15 is 0 Å². The summed E-state index contributed by atoms with van der Waals surface area (Å²) in [4.78, 5) is 28.4. The van der Waals surface area contributed by atoms with Gasteiger partial charge in [0.25, 0.3) is 0 Å². The van der Waals surface area contributed by atoms with Crippen LogP contribution in [0.3, 0.4) is 0 Å². The van der Waals surface area contributed by atoms with Crippen LogP contribution in [0.2, 0.25) is 0 Å². The number of nitrogens with two attached hydrogens (primary N) is 1. The van der Waals surface area contributed by atoms with Gasteiger partial charge < -0.3 is 16.0 Å². The largest absolute Gasteiger partial charge is 0.374 e. The lowest BCUT2D eigenvalue weighted by Gasteiger charge is -2.41. The van der Waals surface area contributed by atoms with Crippen molar-refractivity contribution < 1.29 is 9.59 Å².